The number of imidazole rings is 1. The second-order valence-electron chi connectivity index (χ2n) is 6.90. The number of thioether (sulfide) groups is 1. The highest BCUT2D eigenvalue weighted by Gasteiger charge is 2.29. The summed E-state index contributed by atoms with van der Waals surface area (Å²) in [5, 5.41) is 3.15. The minimum atomic E-state index is -4.40. The highest BCUT2D eigenvalue weighted by atomic mass is 32.2. The Hall–Kier alpha value is -3.02. The van der Waals surface area contributed by atoms with Crippen molar-refractivity contribution < 1.29 is 18.0 Å². The van der Waals surface area contributed by atoms with Crippen molar-refractivity contribution in [3.8, 4) is 0 Å². The summed E-state index contributed by atoms with van der Waals surface area (Å²) in [4.78, 5) is 40.7. The third-order valence-corrected chi connectivity index (χ3v) is 5.79. The Labute approximate surface area is 178 Å². The largest absolute Gasteiger partial charge is 0.416 e. The second-order valence-corrected chi connectivity index (χ2v) is 7.96. The Morgan fingerprint density at radius 2 is 1.71 bits per heavy atom. The molecule has 0 saturated heterocycles. The van der Waals surface area contributed by atoms with E-state index >= 15 is 0 Å². The van der Waals surface area contributed by atoms with Gasteiger partial charge in [-0.25, -0.2) is 9.78 Å². The number of amides is 1. The Balaban J connectivity index is 1.58. The number of nitrogens with one attached hydrogen (secondary N) is 1. The van der Waals surface area contributed by atoms with Crippen molar-refractivity contribution >= 4 is 28.8 Å². The van der Waals surface area contributed by atoms with Crippen LogP contribution in [0, 0.1) is 0 Å². The van der Waals surface area contributed by atoms with Crippen LogP contribution < -0.4 is 16.6 Å². The fourth-order valence-corrected chi connectivity index (χ4v) is 3.93. The van der Waals surface area contributed by atoms with Crippen LogP contribution >= 0.6 is 11.8 Å². The number of fused-ring (bicyclic) bond motifs is 1. The van der Waals surface area contributed by atoms with E-state index in [9.17, 15) is 27.6 Å². The van der Waals surface area contributed by atoms with Gasteiger partial charge < -0.3 is 9.88 Å². The van der Waals surface area contributed by atoms with Crippen molar-refractivity contribution in [3.05, 3.63) is 56.2 Å². The third kappa shape index (κ3) is 4.68. The summed E-state index contributed by atoms with van der Waals surface area (Å²) in [6.07, 6.45) is -4.25. The standard InChI is InChI=1S/C19H20F3N5O3S/c1-25-15-14(16(29)27(3)18(30)26(15)2)24-17(25)31-9-8-13(28)23-10-11-4-6-12(7-5-11)19(20,21)22/h4-7H,8-10H2,1-3H3,(H,23,28). The van der Waals surface area contributed by atoms with Crippen LogP contribution in [0.5, 0.6) is 0 Å². The number of hydrogen-bond acceptors (Lipinski definition) is 5. The molecule has 3 rings (SSSR count). The lowest BCUT2D eigenvalue weighted by Crippen LogP contribution is -2.37. The maximum atomic E-state index is 12.6. The lowest BCUT2D eigenvalue weighted by atomic mass is 10.1. The molecule has 2 heterocycles. The Morgan fingerprint density at radius 3 is 2.32 bits per heavy atom. The molecule has 1 amide bonds. The van der Waals surface area contributed by atoms with Crippen molar-refractivity contribution in [2.45, 2.75) is 24.3 Å². The molecule has 0 aliphatic heterocycles. The first kappa shape index (κ1) is 22.7. The predicted octanol–water partition coefficient (Wildman–Crippen LogP) is 1.79. The maximum absolute atomic E-state index is 12.6. The maximum Gasteiger partial charge on any atom is 0.416 e. The summed E-state index contributed by atoms with van der Waals surface area (Å²) >= 11 is 1.26. The molecule has 1 N–H and O–H groups in total. The van der Waals surface area contributed by atoms with Crippen LogP contribution in [0.4, 0.5) is 13.2 Å². The summed E-state index contributed by atoms with van der Waals surface area (Å²) in [5.74, 6) is 0.0963. The Bertz CT molecular complexity index is 1240. The van der Waals surface area contributed by atoms with Gasteiger partial charge in [0.2, 0.25) is 5.91 Å². The van der Waals surface area contributed by atoms with Gasteiger partial charge in [-0.2, -0.15) is 13.2 Å². The lowest BCUT2D eigenvalue weighted by Gasteiger charge is -2.09. The average molecular weight is 455 g/mol. The van der Waals surface area contributed by atoms with Crippen molar-refractivity contribution in [1.29, 1.82) is 0 Å². The first-order valence-corrected chi connectivity index (χ1v) is 10.2. The van der Waals surface area contributed by atoms with Gasteiger partial charge in [0.15, 0.2) is 16.3 Å². The van der Waals surface area contributed by atoms with Gasteiger partial charge in [-0.05, 0) is 17.7 Å². The number of hydrogen-bond donors (Lipinski definition) is 1. The summed E-state index contributed by atoms with van der Waals surface area (Å²) in [6.45, 7) is 0.117. The Kier molecular flexibility index (Phi) is 6.30. The van der Waals surface area contributed by atoms with Gasteiger partial charge in [0.25, 0.3) is 5.56 Å². The number of alkyl halides is 3. The van der Waals surface area contributed by atoms with Crippen LogP contribution in [0.15, 0.2) is 39.0 Å². The molecule has 0 fully saturated rings. The molecule has 0 aliphatic carbocycles. The number of aromatic nitrogens is 4. The van der Waals surface area contributed by atoms with E-state index in [-0.39, 0.29) is 24.4 Å². The predicted molar refractivity (Wildman–Crippen MR) is 110 cm³/mol. The molecule has 31 heavy (non-hydrogen) atoms. The molecular weight excluding hydrogens is 435 g/mol. The normalized spacial score (nSPS) is 11.8. The number of rotatable bonds is 6. The van der Waals surface area contributed by atoms with Crippen LogP contribution in [0.1, 0.15) is 17.5 Å². The van der Waals surface area contributed by atoms with Crippen molar-refractivity contribution in [3.63, 3.8) is 0 Å². The lowest BCUT2D eigenvalue weighted by molar-refractivity contribution is -0.137. The molecule has 0 spiro atoms. The molecule has 0 atom stereocenters. The Morgan fingerprint density at radius 1 is 1.06 bits per heavy atom. The van der Waals surface area contributed by atoms with E-state index in [2.05, 4.69) is 10.3 Å². The molecular formula is C19H20F3N5O3S. The SMILES string of the molecule is Cn1c(=O)c2nc(SCCC(=O)NCc3ccc(C(F)(F)F)cc3)n(C)c2n(C)c1=O. The van der Waals surface area contributed by atoms with Crippen LogP contribution in [0.3, 0.4) is 0 Å². The smallest absolute Gasteiger partial charge is 0.352 e. The first-order valence-electron chi connectivity index (χ1n) is 9.18. The van der Waals surface area contributed by atoms with Crippen LogP contribution in [-0.2, 0) is 38.7 Å². The number of carbonyl (C=O) groups excluding carboxylic acids is 1. The quantitative estimate of drug-likeness (QED) is 0.573. The molecule has 166 valence electrons. The fourth-order valence-electron chi connectivity index (χ4n) is 3.02. The zero-order chi connectivity index (χ0) is 22.9. The third-order valence-electron chi connectivity index (χ3n) is 4.75. The van der Waals surface area contributed by atoms with Gasteiger partial charge in [-0.3, -0.25) is 18.7 Å². The molecule has 12 heteroatoms. The number of benzene rings is 1. The van der Waals surface area contributed by atoms with Crippen molar-refractivity contribution in [2.24, 2.45) is 21.1 Å². The van der Waals surface area contributed by atoms with Gasteiger partial charge in [0.05, 0.1) is 5.56 Å². The molecule has 0 radical (unpaired) electrons. The van der Waals surface area contributed by atoms with E-state index in [1.54, 1.807) is 18.7 Å². The zero-order valence-electron chi connectivity index (χ0n) is 17.0. The molecule has 1 aromatic carbocycles. The number of halogens is 3. The fraction of sp³-hybridized carbons (Fsp3) is 0.368. The summed E-state index contributed by atoms with van der Waals surface area (Å²) in [5.41, 5.74) is -0.576. The second kappa shape index (κ2) is 8.61. The van der Waals surface area contributed by atoms with Gasteiger partial charge in [-0.1, -0.05) is 23.9 Å². The minimum absolute atomic E-state index is 0.117. The molecule has 0 saturated carbocycles. The van der Waals surface area contributed by atoms with E-state index in [0.717, 1.165) is 16.7 Å². The van der Waals surface area contributed by atoms with E-state index < -0.39 is 23.0 Å². The van der Waals surface area contributed by atoms with E-state index in [0.29, 0.717) is 22.1 Å². The highest BCUT2D eigenvalue weighted by molar-refractivity contribution is 7.99. The topological polar surface area (TPSA) is 90.9 Å². The molecule has 0 unspecified atom stereocenters. The molecule has 0 bridgehead atoms. The number of nitrogens with zero attached hydrogens (tertiary/aromatic N) is 4. The first-order chi connectivity index (χ1) is 14.5. The monoisotopic (exact) mass is 455 g/mol. The number of aryl methyl sites for hydroxylation is 2. The summed E-state index contributed by atoms with van der Waals surface area (Å²) < 4.78 is 41.7. The van der Waals surface area contributed by atoms with Gasteiger partial charge >= 0.3 is 11.9 Å². The highest BCUT2D eigenvalue weighted by Crippen LogP contribution is 2.29. The van der Waals surface area contributed by atoms with Gasteiger partial charge in [0, 0.05) is 39.9 Å². The summed E-state index contributed by atoms with van der Waals surface area (Å²) in [7, 11) is 4.61. The van der Waals surface area contributed by atoms with Crippen molar-refractivity contribution in [1.82, 2.24) is 24.0 Å². The molecule has 2 aromatic heterocycles. The molecule has 3 aromatic rings. The van der Waals surface area contributed by atoms with E-state index in [4.69, 9.17) is 0 Å². The van der Waals surface area contributed by atoms with Crippen molar-refractivity contribution in [2.75, 3.05) is 5.75 Å². The van der Waals surface area contributed by atoms with Crippen LogP contribution in [-0.4, -0.2) is 30.3 Å². The van der Waals surface area contributed by atoms with Crippen LogP contribution in [0.25, 0.3) is 11.2 Å². The molecule has 8 nitrogen and oxygen atoms in total. The van der Waals surface area contributed by atoms with Gasteiger partial charge in [-0.15, -0.1) is 0 Å². The van der Waals surface area contributed by atoms with E-state index in [1.807, 2.05) is 0 Å². The van der Waals surface area contributed by atoms with Gasteiger partial charge in [0.1, 0.15) is 0 Å². The summed E-state index contributed by atoms with van der Waals surface area (Å²) in [6, 6.07) is 4.59. The van der Waals surface area contributed by atoms with E-state index in [1.165, 1.54) is 35.5 Å². The van der Waals surface area contributed by atoms with Crippen LogP contribution in [0.2, 0.25) is 0 Å². The zero-order valence-corrected chi connectivity index (χ0v) is 17.8. The molecule has 0 aliphatic rings. The number of carbonyl (C=O) groups is 1. The average Bonchev–Trinajstić information content (AvgIpc) is 3.05. The minimum Gasteiger partial charge on any atom is -0.352 e.